The van der Waals surface area contributed by atoms with E-state index in [4.69, 9.17) is 16.3 Å². The van der Waals surface area contributed by atoms with Crippen LogP contribution in [0.5, 0.6) is 0 Å². The molecule has 2 amide bonds. The average Bonchev–Trinajstić information content (AvgIpc) is 3.29. The summed E-state index contributed by atoms with van der Waals surface area (Å²) in [6.45, 7) is 6.34. The van der Waals surface area contributed by atoms with Gasteiger partial charge in [0.05, 0.1) is 17.5 Å². The fraction of sp³-hybridized carbons (Fsp3) is 0.393. The quantitative estimate of drug-likeness (QED) is 0.356. The number of nitrogens with one attached hydrogen (secondary N) is 1. The van der Waals surface area contributed by atoms with Gasteiger partial charge in [-0.3, -0.25) is 9.59 Å². The van der Waals surface area contributed by atoms with Gasteiger partial charge in [-0.05, 0) is 69.5 Å². The fourth-order valence-corrected chi connectivity index (χ4v) is 5.28. The molecule has 1 saturated heterocycles. The molecule has 7 nitrogen and oxygen atoms in total. The van der Waals surface area contributed by atoms with Crippen LogP contribution in [0.4, 0.5) is 19.3 Å². The highest BCUT2D eigenvalue weighted by molar-refractivity contribution is 7.17. The molecule has 0 aliphatic carbocycles. The van der Waals surface area contributed by atoms with Crippen molar-refractivity contribution in [3.8, 4) is 0 Å². The number of nitrogens with zero attached hydrogens (tertiary/aromatic N) is 2. The van der Waals surface area contributed by atoms with Crippen LogP contribution < -0.4 is 10.9 Å². The lowest BCUT2D eigenvalue weighted by Crippen LogP contribution is -2.42. The monoisotopic (exact) mass is 577 g/mol. The Labute approximate surface area is 232 Å². The Balaban J connectivity index is 1.52. The zero-order chi connectivity index (χ0) is 28.5. The van der Waals surface area contributed by atoms with Gasteiger partial charge in [-0.25, -0.2) is 4.79 Å². The third kappa shape index (κ3) is 6.95. The minimum Gasteiger partial charge on any atom is -0.444 e. The van der Waals surface area contributed by atoms with Crippen molar-refractivity contribution in [3.63, 3.8) is 0 Å². The largest absolute Gasteiger partial charge is 0.444 e. The van der Waals surface area contributed by atoms with E-state index in [0.717, 1.165) is 12.8 Å². The van der Waals surface area contributed by atoms with Gasteiger partial charge in [0.25, 0.3) is 11.2 Å². The molecule has 2 heterocycles. The van der Waals surface area contributed by atoms with Crippen LogP contribution >= 0.6 is 20.8 Å². The number of ether oxygens (including phenoxy) is 1. The van der Waals surface area contributed by atoms with Gasteiger partial charge in [0.15, 0.2) is 0 Å². The Bertz CT molecular complexity index is 1470. The summed E-state index contributed by atoms with van der Waals surface area (Å²) in [4.78, 5) is 40.5. The van der Waals surface area contributed by atoms with Crippen molar-refractivity contribution in [1.82, 2.24) is 9.47 Å². The third-order valence-corrected chi connectivity index (χ3v) is 7.10. The molecule has 1 aliphatic rings. The lowest BCUT2D eigenvalue weighted by atomic mass is 10.1. The van der Waals surface area contributed by atoms with Crippen molar-refractivity contribution in [3.05, 3.63) is 75.2 Å². The molecule has 3 aromatic rings. The number of carbonyl (C=O) groups excluding carboxylic acids is 2. The van der Waals surface area contributed by atoms with Crippen molar-refractivity contribution >= 4 is 49.3 Å². The summed E-state index contributed by atoms with van der Waals surface area (Å²) in [6.07, 6.45) is 2.69. The Kier molecular flexibility index (Phi) is 8.33. The van der Waals surface area contributed by atoms with Gasteiger partial charge in [-0.1, -0.05) is 33.0 Å². The summed E-state index contributed by atoms with van der Waals surface area (Å²) in [5.41, 5.74) is -3.64. The Morgan fingerprint density at radius 3 is 2.59 bits per heavy atom. The Hall–Kier alpha value is -3.03. The summed E-state index contributed by atoms with van der Waals surface area (Å²) in [5.74, 6) is -0.425. The minimum atomic E-state index is -3.22. The van der Waals surface area contributed by atoms with Gasteiger partial charge in [0, 0.05) is 41.3 Å². The van der Waals surface area contributed by atoms with Crippen LogP contribution in [0.25, 0.3) is 10.8 Å². The van der Waals surface area contributed by atoms with Crippen molar-refractivity contribution < 1.29 is 23.1 Å². The number of rotatable bonds is 6. The standard InChI is InChI=1S/C28H31ClF2N3O4P/c1-27(2,3)38-26(37)34-12-5-6-18(34)16-33-13-11-19-20(25(33)36)7-4-8-23(19)32-24(35)15-17-9-10-22(29)21(14-17)28(30,31)39/h4,7-11,13-14,18H,5-6,12,15-16,39H2,1-3H3,(H,32,35)/t18-/m0/s1. The zero-order valence-corrected chi connectivity index (χ0v) is 23.9. The van der Waals surface area contributed by atoms with Crippen LogP contribution in [0.15, 0.2) is 53.5 Å². The molecule has 2 aromatic carbocycles. The minimum absolute atomic E-state index is 0.0867. The molecule has 39 heavy (non-hydrogen) atoms. The number of fused-ring (bicyclic) bond motifs is 1. The van der Waals surface area contributed by atoms with Crippen molar-refractivity contribution in [2.75, 3.05) is 11.9 Å². The number of halogens is 3. The number of carbonyl (C=O) groups is 2. The second-order valence-corrected chi connectivity index (χ2v) is 11.8. The molecule has 1 fully saturated rings. The van der Waals surface area contributed by atoms with Gasteiger partial charge < -0.3 is 19.5 Å². The van der Waals surface area contributed by atoms with E-state index in [-0.39, 0.29) is 28.6 Å². The van der Waals surface area contributed by atoms with E-state index >= 15 is 0 Å². The first-order valence-corrected chi connectivity index (χ1v) is 13.6. The maximum absolute atomic E-state index is 13.8. The number of hydrogen-bond donors (Lipinski definition) is 1. The number of anilines is 1. The molecule has 0 radical (unpaired) electrons. The van der Waals surface area contributed by atoms with Crippen LogP contribution in [-0.4, -0.2) is 39.7 Å². The second-order valence-electron chi connectivity index (χ2n) is 10.7. The van der Waals surface area contributed by atoms with Gasteiger partial charge in [-0.2, -0.15) is 8.78 Å². The molecule has 1 unspecified atom stereocenters. The number of likely N-dealkylation sites (tertiary alicyclic amines) is 1. The first-order valence-electron chi connectivity index (χ1n) is 12.6. The molecular weight excluding hydrogens is 547 g/mol. The molecule has 0 bridgehead atoms. The molecule has 1 aromatic heterocycles. The number of alkyl halides is 2. The number of amides is 2. The van der Waals surface area contributed by atoms with Crippen molar-refractivity contribution in [2.24, 2.45) is 0 Å². The van der Waals surface area contributed by atoms with Crippen LogP contribution in [0.1, 0.15) is 44.7 Å². The van der Waals surface area contributed by atoms with Gasteiger partial charge >= 0.3 is 6.09 Å². The summed E-state index contributed by atoms with van der Waals surface area (Å²) in [7, 11) is 1.44. The summed E-state index contributed by atoms with van der Waals surface area (Å²) in [6, 6.07) is 10.7. The first-order chi connectivity index (χ1) is 18.2. The van der Waals surface area contributed by atoms with E-state index in [9.17, 15) is 23.2 Å². The van der Waals surface area contributed by atoms with Gasteiger partial charge in [0.2, 0.25) is 5.91 Å². The van der Waals surface area contributed by atoms with Crippen LogP contribution in [-0.2, 0) is 28.2 Å². The fourth-order valence-electron chi connectivity index (χ4n) is 4.70. The zero-order valence-electron chi connectivity index (χ0n) is 22.0. The lowest BCUT2D eigenvalue weighted by molar-refractivity contribution is -0.115. The van der Waals surface area contributed by atoms with E-state index in [1.807, 2.05) is 20.8 Å². The topological polar surface area (TPSA) is 80.6 Å². The molecule has 0 spiro atoms. The van der Waals surface area contributed by atoms with Crippen LogP contribution in [0.2, 0.25) is 5.02 Å². The maximum atomic E-state index is 13.8. The third-order valence-electron chi connectivity index (χ3n) is 6.46. The molecular formula is C28H31ClF2N3O4P. The van der Waals surface area contributed by atoms with E-state index in [1.165, 1.54) is 27.4 Å². The normalized spacial score (nSPS) is 16.0. The summed E-state index contributed by atoms with van der Waals surface area (Å²) < 4.78 is 34.7. The molecule has 1 aliphatic heterocycles. The Morgan fingerprint density at radius 1 is 1.15 bits per heavy atom. The molecule has 4 rings (SSSR count). The molecule has 208 valence electrons. The van der Waals surface area contributed by atoms with E-state index in [2.05, 4.69) is 5.32 Å². The maximum Gasteiger partial charge on any atom is 0.410 e. The molecule has 0 saturated carbocycles. The number of hydrogen-bond acceptors (Lipinski definition) is 4. The number of aromatic nitrogens is 1. The molecule has 11 heteroatoms. The predicted octanol–water partition coefficient (Wildman–Crippen LogP) is 6.16. The molecule has 2 atom stereocenters. The van der Waals surface area contributed by atoms with E-state index < -0.39 is 23.3 Å². The van der Waals surface area contributed by atoms with Gasteiger partial charge in [0.1, 0.15) is 5.60 Å². The number of pyridine rings is 1. The SMILES string of the molecule is CC(C)(C)OC(=O)N1CCC[C@H]1Cn1ccc2c(NC(=O)Cc3ccc(Cl)c(C(F)(F)P)c3)cccc2c1=O. The Morgan fingerprint density at radius 2 is 1.90 bits per heavy atom. The summed E-state index contributed by atoms with van der Waals surface area (Å²) in [5, 5.41) is 3.66. The highest BCUT2D eigenvalue weighted by Gasteiger charge is 2.32. The smallest absolute Gasteiger partial charge is 0.410 e. The highest BCUT2D eigenvalue weighted by Crippen LogP contribution is 2.39. The second kappa shape index (κ2) is 11.2. The average molecular weight is 578 g/mol. The molecule has 1 N–H and O–H groups in total. The van der Waals surface area contributed by atoms with Crippen molar-refractivity contribution in [1.29, 1.82) is 0 Å². The van der Waals surface area contributed by atoms with E-state index in [0.29, 0.717) is 35.1 Å². The van der Waals surface area contributed by atoms with Gasteiger partial charge in [-0.15, -0.1) is 0 Å². The summed E-state index contributed by atoms with van der Waals surface area (Å²) >= 11 is 5.89. The van der Waals surface area contributed by atoms with Crippen LogP contribution in [0, 0.1) is 0 Å². The first kappa shape index (κ1) is 29.0. The predicted molar refractivity (Wildman–Crippen MR) is 152 cm³/mol. The highest BCUT2D eigenvalue weighted by atomic mass is 35.5. The lowest BCUT2D eigenvalue weighted by Gasteiger charge is -2.29. The van der Waals surface area contributed by atoms with Crippen LogP contribution in [0.3, 0.4) is 0 Å². The number of benzene rings is 2. The van der Waals surface area contributed by atoms with E-state index in [1.54, 1.807) is 39.9 Å². The van der Waals surface area contributed by atoms with Crippen molar-refractivity contribution in [2.45, 2.75) is 63.9 Å².